The summed E-state index contributed by atoms with van der Waals surface area (Å²) in [5, 5.41) is 12.8. The number of nitrogens with one attached hydrogen (secondary N) is 1. The first-order valence-corrected chi connectivity index (χ1v) is 6.34. The normalized spacial score (nSPS) is 15.5. The largest absolute Gasteiger partial charge is 0.394 e. The van der Waals surface area contributed by atoms with Gasteiger partial charge in [0, 0.05) is 5.56 Å². The lowest BCUT2D eigenvalue weighted by molar-refractivity contribution is 0.233. The summed E-state index contributed by atoms with van der Waals surface area (Å²) in [7, 11) is 0. The molecule has 0 saturated carbocycles. The third kappa shape index (κ3) is 2.87. The van der Waals surface area contributed by atoms with Crippen LogP contribution in [0.1, 0.15) is 37.9 Å². The van der Waals surface area contributed by atoms with E-state index in [1.54, 1.807) is 0 Å². The summed E-state index contributed by atoms with van der Waals surface area (Å²) in [6, 6.07) is 0. The van der Waals surface area contributed by atoms with Crippen molar-refractivity contribution in [2.45, 2.75) is 45.1 Å². The molecule has 1 heterocycles. The zero-order valence-corrected chi connectivity index (χ0v) is 11.0. The van der Waals surface area contributed by atoms with Crippen molar-refractivity contribution in [3.63, 3.8) is 0 Å². The molecule has 0 bridgehead atoms. The number of hydrogen-bond acceptors (Lipinski definition) is 4. The molecule has 0 amide bonds. The number of aromatic nitrogens is 2. The van der Waals surface area contributed by atoms with E-state index in [1.165, 1.54) is 0 Å². The molecule has 5 heteroatoms. The summed E-state index contributed by atoms with van der Waals surface area (Å²) in [6.07, 6.45) is 4.26. The Labute approximate surface area is 106 Å². The average Bonchev–Trinajstić information content (AvgIpc) is 2.28. The SMILES string of the molecule is CC(C)(CO)Nc1nc(Cl)nc2c1CCCC2. The van der Waals surface area contributed by atoms with E-state index in [4.69, 9.17) is 11.6 Å². The number of hydrogen-bond donors (Lipinski definition) is 2. The minimum absolute atomic E-state index is 0.0450. The number of aryl methyl sites for hydroxylation is 1. The maximum absolute atomic E-state index is 9.29. The Bertz CT molecular complexity index is 420. The van der Waals surface area contributed by atoms with Gasteiger partial charge in [-0.15, -0.1) is 0 Å². The van der Waals surface area contributed by atoms with E-state index in [-0.39, 0.29) is 11.9 Å². The summed E-state index contributed by atoms with van der Waals surface area (Å²) < 4.78 is 0. The standard InChI is InChI=1S/C12H18ClN3O/c1-12(2,7-17)16-10-8-5-3-4-6-9(8)14-11(13)15-10/h17H,3-7H2,1-2H3,(H,14,15,16). The van der Waals surface area contributed by atoms with Crippen molar-refractivity contribution in [3.05, 3.63) is 16.5 Å². The molecule has 0 unspecified atom stereocenters. The fourth-order valence-corrected chi connectivity index (χ4v) is 2.21. The van der Waals surface area contributed by atoms with Crippen molar-refractivity contribution < 1.29 is 5.11 Å². The van der Waals surface area contributed by atoms with E-state index < -0.39 is 5.54 Å². The molecule has 17 heavy (non-hydrogen) atoms. The molecule has 1 aliphatic rings. The van der Waals surface area contributed by atoms with Crippen molar-refractivity contribution >= 4 is 17.4 Å². The van der Waals surface area contributed by atoms with Crippen LogP contribution < -0.4 is 5.32 Å². The number of rotatable bonds is 3. The zero-order valence-electron chi connectivity index (χ0n) is 10.3. The molecule has 0 saturated heterocycles. The van der Waals surface area contributed by atoms with Crippen molar-refractivity contribution in [1.82, 2.24) is 9.97 Å². The van der Waals surface area contributed by atoms with E-state index >= 15 is 0 Å². The lowest BCUT2D eigenvalue weighted by atomic mass is 9.95. The molecule has 0 atom stereocenters. The number of aliphatic hydroxyl groups excluding tert-OH is 1. The molecule has 94 valence electrons. The smallest absolute Gasteiger partial charge is 0.224 e. The van der Waals surface area contributed by atoms with Gasteiger partial charge in [0.25, 0.3) is 0 Å². The minimum Gasteiger partial charge on any atom is -0.394 e. The molecule has 0 spiro atoms. The van der Waals surface area contributed by atoms with E-state index in [1.807, 2.05) is 13.8 Å². The highest BCUT2D eigenvalue weighted by atomic mass is 35.5. The second-order valence-electron chi connectivity index (χ2n) is 5.14. The Morgan fingerprint density at radius 3 is 2.71 bits per heavy atom. The summed E-state index contributed by atoms with van der Waals surface area (Å²) >= 11 is 5.93. The quantitative estimate of drug-likeness (QED) is 0.813. The van der Waals surface area contributed by atoms with E-state index in [0.717, 1.165) is 42.8 Å². The molecule has 2 N–H and O–H groups in total. The molecule has 1 aliphatic carbocycles. The Morgan fingerprint density at radius 1 is 1.29 bits per heavy atom. The second-order valence-corrected chi connectivity index (χ2v) is 5.48. The maximum Gasteiger partial charge on any atom is 0.224 e. The molecule has 0 aliphatic heterocycles. The lowest BCUT2D eigenvalue weighted by Crippen LogP contribution is -2.36. The highest BCUT2D eigenvalue weighted by Gasteiger charge is 2.22. The lowest BCUT2D eigenvalue weighted by Gasteiger charge is -2.27. The summed E-state index contributed by atoms with van der Waals surface area (Å²) in [5.74, 6) is 0.777. The first-order valence-electron chi connectivity index (χ1n) is 5.96. The van der Waals surface area contributed by atoms with Gasteiger partial charge in [0.15, 0.2) is 0 Å². The Kier molecular flexibility index (Phi) is 3.54. The van der Waals surface area contributed by atoms with Gasteiger partial charge in [-0.3, -0.25) is 0 Å². The molecule has 2 rings (SSSR count). The third-order valence-electron chi connectivity index (χ3n) is 3.01. The fourth-order valence-electron chi connectivity index (χ4n) is 2.03. The number of fused-ring (bicyclic) bond motifs is 1. The molecule has 0 fully saturated rings. The van der Waals surface area contributed by atoms with E-state index in [2.05, 4.69) is 15.3 Å². The first-order chi connectivity index (χ1) is 8.02. The number of halogens is 1. The van der Waals surface area contributed by atoms with Crippen molar-refractivity contribution in [3.8, 4) is 0 Å². The molecule has 1 aromatic heterocycles. The van der Waals surface area contributed by atoms with Gasteiger partial charge in [0.05, 0.1) is 17.8 Å². The van der Waals surface area contributed by atoms with Crippen LogP contribution in [0.25, 0.3) is 0 Å². The highest BCUT2D eigenvalue weighted by molar-refractivity contribution is 6.28. The van der Waals surface area contributed by atoms with Crippen molar-refractivity contribution in [2.24, 2.45) is 0 Å². The van der Waals surface area contributed by atoms with Crippen LogP contribution in [0.4, 0.5) is 5.82 Å². The van der Waals surface area contributed by atoms with Gasteiger partial charge < -0.3 is 10.4 Å². The topological polar surface area (TPSA) is 58.0 Å². The predicted octanol–water partition coefficient (Wildman–Crippen LogP) is 2.19. The predicted molar refractivity (Wildman–Crippen MR) is 68.5 cm³/mol. The van der Waals surface area contributed by atoms with E-state index in [9.17, 15) is 5.11 Å². The summed E-state index contributed by atoms with van der Waals surface area (Å²) in [4.78, 5) is 8.53. The van der Waals surface area contributed by atoms with E-state index in [0.29, 0.717) is 0 Å². The van der Waals surface area contributed by atoms with Gasteiger partial charge in [-0.2, -0.15) is 0 Å². The molecule has 0 radical (unpaired) electrons. The summed E-state index contributed by atoms with van der Waals surface area (Å²) in [5.41, 5.74) is 1.80. The third-order valence-corrected chi connectivity index (χ3v) is 3.18. The Morgan fingerprint density at radius 2 is 2.00 bits per heavy atom. The van der Waals surface area contributed by atoms with Crippen molar-refractivity contribution in [2.75, 3.05) is 11.9 Å². The number of aliphatic hydroxyl groups is 1. The van der Waals surface area contributed by atoms with Gasteiger partial charge in [-0.25, -0.2) is 9.97 Å². The molecule has 1 aromatic rings. The number of anilines is 1. The molecular weight excluding hydrogens is 238 g/mol. The van der Waals surface area contributed by atoms with Crippen LogP contribution in [0.5, 0.6) is 0 Å². The van der Waals surface area contributed by atoms with Crippen LogP contribution in [-0.4, -0.2) is 27.2 Å². The molecular formula is C12H18ClN3O. The van der Waals surface area contributed by atoms with Gasteiger partial charge >= 0.3 is 0 Å². The van der Waals surface area contributed by atoms with Crippen molar-refractivity contribution in [1.29, 1.82) is 0 Å². The second kappa shape index (κ2) is 4.78. The zero-order chi connectivity index (χ0) is 12.5. The monoisotopic (exact) mass is 255 g/mol. The number of nitrogens with zero attached hydrogens (tertiary/aromatic N) is 2. The van der Waals surface area contributed by atoms with Crippen LogP contribution >= 0.6 is 11.6 Å². The van der Waals surface area contributed by atoms with Gasteiger partial charge in [-0.05, 0) is 51.1 Å². The van der Waals surface area contributed by atoms with Gasteiger partial charge in [0.1, 0.15) is 5.82 Å². The van der Waals surface area contributed by atoms with Crippen LogP contribution in [-0.2, 0) is 12.8 Å². The Hall–Kier alpha value is -0.870. The average molecular weight is 256 g/mol. The molecule has 0 aromatic carbocycles. The van der Waals surface area contributed by atoms with Crippen LogP contribution in [0.2, 0.25) is 5.28 Å². The molecule has 4 nitrogen and oxygen atoms in total. The highest BCUT2D eigenvalue weighted by Crippen LogP contribution is 2.28. The van der Waals surface area contributed by atoms with Crippen LogP contribution in [0.15, 0.2) is 0 Å². The summed E-state index contributed by atoms with van der Waals surface area (Å²) in [6.45, 7) is 3.90. The fraction of sp³-hybridized carbons (Fsp3) is 0.667. The van der Waals surface area contributed by atoms with Gasteiger partial charge in [0.2, 0.25) is 5.28 Å². The minimum atomic E-state index is -0.400. The van der Waals surface area contributed by atoms with Crippen LogP contribution in [0.3, 0.4) is 0 Å². The first kappa shape index (κ1) is 12.6. The van der Waals surface area contributed by atoms with Crippen LogP contribution in [0, 0.1) is 0 Å². The maximum atomic E-state index is 9.29. The van der Waals surface area contributed by atoms with Gasteiger partial charge in [-0.1, -0.05) is 0 Å². The Balaban J connectivity index is 2.36.